The van der Waals surface area contributed by atoms with Crippen LogP contribution in [-0.2, 0) is 16.1 Å². The molecular formula is C23H31N3O3. The van der Waals surface area contributed by atoms with Crippen LogP contribution in [0.1, 0.15) is 32.8 Å². The molecule has 2 aromatic carbocycles. The number of carbonyl (C=O) groups is 2. The van der Waals surface area contributed by atoms with Gasteiger partial charge < -0.3 is 19.9 Å². The molecule has 0 aliphatic carbocycles. The van der Waals surface area contributed by atoms with Crippen molar-refractivity contribution in [1.29, 1.82) is 0 Å². The third-order valence-corrected chi connectivity index (χ3v) is 4.88. The monoisotopic (exact) mass is 397 g/mol. The zero-order valence-electron chi connectivity index (χ0n) is 17.8. The lowest BCUT2D eigenvalue weighted by atomic mass is 10.2. The van der Waals surface area contributed by atoms with E-state index in [0.717, 1.165) is 35.8 Å². The summed E-state index contributed by atoms with van der Waals surface area (Å²) in [6.07, 6.45) is 0.244. The fraction of sp³-hybridized carbons (Fsp3) is 0.391. The van der Waals surface area contributed by atoms with E-state index in [1.54, 1.807) is 12.0 Å². The molecule has 29 heavy (non-hydrogen) atoms. The molecule has 0 saturated heterocycles. The van der Waals surface area contributed by atoms with Gasteiger partial charge in [0.2, 0.25) is 11.8 Å². The molecule has 0 aliphatic rings. The molecule has 6 nitrogen and oxygen atoms in total. The van der Waals surface area contributed by atoms with Gasteiger partial charge in [-0.15, -0.1) is 0 Å². The molecule has 0 radical (unpaired) electrons. The first-order valence-corrected chi connectivity index (χ1v) is 10.0. The molecule has 0 bridgehead atoms. The molecule has 2 aromatic rings. The fourth-order valence-corrected chi connectivity index (χ4v) is 3.15. The number of amides is 2. The second kappa shape index (κ2) is 11.1. The Hall–Kier alpha value is -3.02. The number of hydrogen-bond acceptors (Lipinski definition) is 4. The van der Waals surface area contributed by atoms with Crippen LogP contribution in [0.5, 0.6) is 5.75 Å². The Morgan fingerprint density at radius 2 is 1.52 bits per heavy atom. The van der Waals surface area contributed by atoms with Crippen molar-refractivity contribution >= 4 is 23.2 Å². The predicted octanol–water partition coefficient (Wildman–Crippen LogP) is 3.60. The molecule has 0 aliphatic heterocycles. The summed E-state index contributed by atoms with van der Waals surface area (Å²) >= 11 is 0. The van der Waals surface area contributed by atoms with Gasteiger partial charge in [0.1, 0.15) is 5.75 Å². The Kier molecular flexibility index (Phi) is 8.52. The molecule has 0 fully saturated rings. The van der Waals surface area contributed by atoms with Gasteiger partial charge in [-0.25, -0.2) is 0 Å². The van der Waals surface area contributed by atoms with Crippen LogP contribution in [-0.4, -0.2) is 38.6 Å². The van der Waals surface area contributed by atoms with Crippen molar-refractivity contribution in [2.75, 3.05) is 36.5 Å². The number of nitrogens with one attached hydrogen (secondary N) is 1. The van der Waals surface area contributed by atoms with E-state index in [9.17, 15) is 9.59 Å². The first-order valence-electron chi connectivity index (χ1n) is 10.0. The molecule has 0 saturated carbocycles. The van der Waals surface area contributed by atoms with Gasteiger partial charge in [-0.1, -0.05) is 12.1 Å². The molecular weight excluding hydrogens is 366 g/mol. The second-order valence-electron chi connectivity index (χ2n) is 6.73. The summed E-state index contributed by atoms with van der Waals surface area (Å²) in [6, 6.07) is 15.5. The van der Waals surface area contributed by atoms with Crippen molar-refractivity contribution in [2.45, 2.75) is 33.7 Å². The average molecular weight is 398 g/mol. The van der Waals surface area contributed by atoms with E-state index in [1.165, 1.54) is 6.92 Å². The van der Waals surface area contributed by atoms with Crippen LogP contribution in [0, 0.1) is 0 Å². The lowest BCUT2D eigenvalue weighted by molar-refractivity contribution is -0.121. The molecule has 156 valence electrons. The number of rotatable bonds is 10. The summed E-state index contributed by atoms with van der Waals surface area (Å²) < 4.78 is 5.13. The molecule has 0 atom stereocenters. The summed E-state index contributed by atoms with van der Waals surface area (Å²) in [5.41, 5.74) is 2.92. The Morgan fingerprint density at radius 1 is 0.931 bits per heavy atom. The molecule has 0 aromatic heterocycles. The number of hydrogen-bond donors (Lipinski definition) is 1. The highest BCUT2D eigenvalue weighted by Crippen LogP contribution is 2.21. The topological polar surface area (TPSA) is 61.9 Å². The highest BCUT2D eigenvalue weighted by Gasteiger charge is 2.14. The van der Waals surface area contributed by atoms with Gasteiger partial charge in [0.25, 0.3) is 0 Å². The number of benzene rings is 2. The molecule has 1 N–H and O–H groups in total. The van der Waals surface area contributed by atoms with Gasteiger partial charge in [-0.3, -0.25) is 9.59 Å². The normalized spacial score (nSPS) is 10.3. The zero-order valence-corrected chi connectivity index (χ0v) is 17.8. The second-order valence-corrected chi connectivity index (χ2v) is 6.73. The minimum Gasteiger partial charge on any atom is -0.497 e. The SMILES string of the molecule is CCN(CC)c1ccc(N(CCC(=O)NCc2ccc(OC)cc2)C(C)=O)cc1. The summed E-state index contributed by atoms with van der Waals surface area (Å²) in [5.74, 6) is 0.611. The van der Waals surface area contributed by atoms with Crippen molar-refractivity contribution in [2.24, 2.45) is 0 Å². The van der Waals surface area contributed by atoms with E-state index in [-0.39, 0.29) is 18.2 Å². The number of carbonyl (C=O) groups excluding carboxylic acids is 2. The van der Waals surface area contributed by atoms with Crippen molar-refractivity contribution in [3.05, 3.63) is 54.1 Å². The van der Waals surface area contributed by atoms with E-state index in [0.29, 0.717) is 13.1 Å². The van der Waals surface area contributed by atoms with Gasteiger partial charge >= 0.3 is 0 Å². The number of ether oxygens (including phenoxy) is 1. The lowest BCUT2D eigenvalue weighted by Gasteiger charge is -2.24. The third-order valence-electron chi connectivity index (χ3n) is 4.88. The van der Waals surface area contributed by atoms with E-state index >= 15 is 0 Å². The Balaban J connectivity index is 1.91. The van der Waals surface area contributed by atoms with E-state index in [1.807, 2.05) is 48.5 Å². The van der Waals surface area contributed by atoms with Crippen LogP contribution in [0.3, 0.4) is 0 Å². The quantitative estimate of drug-likeness (QED) is 0.665. The van der Waals surface area contributed by atoms with Crippen molar-refractivity contribution in [3.63, 3.8) is 0 Å². The highest BCUT2D eigenvalue weighted by atomic mass is 16.5. The van der Waals surface area contributed by atoms with Gasteiger partial charge in [-0.05, 0) is 55.8 Å². The maximum Gasteiger partial charge on any atom is 0.223 e. The predicted molar refractivity (Wildman–Crippen MR) is 117 cm³/mol. The average Bonchev–Trinajstić information content (AvgIpc) is 2.74. The molecule has 2 amide bonds. The van der Waals surface area contributed by atoms with E-state index < -0.39 is 0 Å². The number of anilines is 2. The first kappa shape index (κ1) is 22.3. The first-order chi connectivity index (χ1) is 14.0. The van der Waals surface area contributed by atoms with Gasteiger partial charge in [0, 0.05) is 50.9 Å². The molecule has 2 rings (SSSR count). The highest BCUT2D eigenvalue weighted by molar-refractivity contribution is 5.92. The summed E-state index contributed by atoms with van der Waals surface area (Å²) in [7, 11) is 1.62. The maximum absolute atomic E-state index is 12.2. The van der Waals surface area contributed by atoms with Crippen LogP contribution in [0.4, 0.5) is 11.4 Å². The van der Waals surface area contributed by atoms with Crippen molar-refractivity contribution < 1.29 is 14.3 Å². The largest absolute Gasteiger partial charge is 0.497 e. The van der Waals surface area contributed by atoms with Crippen LogP contribution < -0.4 is 19.9 Å². The Morgan fingerprint density at radius 3 is 2.03 bits per heavy atom. The van der Waals surface area contributed by atoms with Crippen LogP contribution in [0.15, 0.2) is 48.5 Å². The number of nitrogens with zero attached hydrogens (tertiary/aromatic N) is 2. The summed E-state index contributed by atoms with van der Waals surface area (Å²) in [6.45, 7) is 8.40. The van der Waals surface area contributed by atoms with Gasteiger partial charge in [-0.2, -0.15) is 0 Å². The van der Waals surface area contributed by atoms with Crippen LogP contribution in [0.2, 0.25) is 0 Å². The van der Waals surface area contributed by atoms with E-state index in [2.05, 4.69) is 24.1 Å². The minimum absolute atomic E-state index is 0.0801. The standard InChI is InChI=1S/C23H31N3O3/c1-5-25(6-2)20-9-11-21(12-10-20)26(18(3)27)16-15-23(28)24-17-19-7-13-22(29-4)14-8-19/h7-14H,5-6,15-17H2,1-4H3,(H,24,28). The van der Waals surface area contributed by atoms with Gasteiger partial charge in [0.15, 0.2) is 0 Å². The van der Waals surface area contributed by atoms with E-state index in [4.69, 9.17) is 4.74 Å². The zero-order chi connectivity index (χ0) is 21.2. The Labute approximate surface area is 173 Å². The smallest absolute Gasteiger partial charge is 0.223 e. The van der Waals surface area contributed by atoms with Crippen molar-refractivity contribution in [3.8, 4) is 5.75 Å². The summed E-state index contributed by atoms with van der Waals surface area (Å²) in [4.78, 5) is 28.2. The molecule has 0 heterocycles. The van der Waals surface area contributed by atoms with Crippen LogP contribution >= 0.6 is 0 Å². The van der Waals surface area contributed by atoms with Crippen molar-refractivity contribution in [1.82, 2.24) is 5.32 Å². The molecule has 6 heteroatoms. The molecule has 0 unspecified atom stereocenters. The van der Waals surface area contributed by atoms with Gasteiger partial charge in [0.05, 0.1) is 7.11 Å². The minimum atomic E-state index is -0.0909. The third kappa shape index (κ3) is 6.52. The fourth-order valence-electron chi connectivity index (χ4n) is 3.15. The Bertz CT molecular complexity index is 784. The number of methoxy groups -OCH3 is 1. The summed E-state index contributed by atoms with van der Waals surface area (Å²) in [5, 5.41) is 2.90. The molecule has 0 spiro atoms. The van der Waals surface area contributed by atoms with Crippen LogP contribution in [0.25, 0.3) is 0 Å². The lowest BCUT2D eigenvalue weighted by Crippen LogP contribution is -2.33. The maximum atomic E-state index is 12.2.